The second-order valence-corrected chi connectivity index (χ2v) is 8.39. The summed E-state index contributed by atoms with van der Waals surface area (Å²) >= 11 is 0. The van der Waals surface area contributed by atoms with Crippen molar-refractivity contribution < 1.29 is 24.6 Å². The van der Waals surface area contributed by atoms with Gasteiger partial charge in [-0.1, -0.05) is 30.3 Å². The van der Waals surface area contributed by atoms with Crippen molar-refractivity contribution in [2.24, 2.45) is 4.99 Å². The number of fused-ring (bicyclic) bond motifs is 2. The average molecular weight is 463 g/mol. The molecule has 1 aromatic heterocycles. The van der Waals surface area contributed by atoms with E-state index in [0.29, 0.717) is 43.8 Å². The van der Waals surface area contributed by atoms with Crippen molar-refractivity contribution in [3.8, 4) is 11.5 Å². The molecule has 0 spiro atoms. The number of hydrogen-bond donors (Lipinski definition) is 2. The van der Waals surface area contributed by atoms with E-state index in [4.69, 9.17) is 9.47 Å². The summed E-state index contributed by atoms with van der Waals surface area (Å²) in [7, 11) is 0. The predicted octanol–water partition coefficient (Wildman–Crippen LogP) is 4.20. The maximum atomic E-state index is 11.4. The summed E-state index contributed by atoms with van der Waals surface area (Å²) in [6, 6.07) is 17.6. The van der Waals surface area contributed by atoms with Crippen LogP contribution in [0.4, 0.5) is 0 Å². The average Bonchev–Trinajstić information content (AvgIpc) is 2.96. The number of ether oxygens (including phenoxy) is 2. The van der Waals surface area contributed by atoms with E-state index >= 15 is 0 Å². The Morgan fingerprint density at radius 3 is 2.71 bits per heavy atom. The zero-order valence-corrected chi connectivity index (χ0v) is 19.3. The molecule has 0 saturated carbocycles. The van der Waals surface area contributed by atoms with Gasteiger partial charge >= 0.3 is 5.97 Å². The second kappa shape index (κ2) is 10.9. The first-order valence-electron chi connectivity index (χ1n) is 11.6. The van der Waals surface area contributed by atoms with Gasteiger partial charge in [0.25, 0.3) is 0 Å². The van der Waals surface area contributed by atoms with Crippen LogP contribution in [0, 0.1) is 0 Å². The quantitative estimate of drug-likeness (QED) is 0.367. The molecule has 0 saturated heterocycles. The van der Waals surface area contributed by atoms with Crippen LogP contribution in [0.15, 0.2) is 65.8 Å². The zero-order chi connectivity index (χ0) is 23.9. The zero-order valence-electron chi connectivity index (χ0n) is 19.3. The van der Waals surface area contributed by atoms with Crippen LogP contribution in [-0.2, 0) is 17.6 Å². The maximum Gasteiger partial charge on any atom is 0.303 e. The molecular weight excluding hydrogens is 432 g/mol. The molecule has 0 aliphatic heterocycles. The Labute approximate surface area is 198 Å². The molecule has 0 radical (unpaired) electrons. The lowest BCUT2D eigenvalue weighted by Crippen LogP contribution is -2.19. The van der Waals surface area contributed by atoms with Crippen molar-refractivity contribution in [1.82, 2.24) is 4.73 Å². The number of nitrogens with zero attached hydrogens (tertiary/aromatic N) is 2. The monoisotopic (exact) mass is 462 g/mol. The van der Waals surface area contributed by atoms with E-state index in [0.717, 1.165) is 22.5 Å². The van der Waals surface area contributed by atoms with Crippen LogP contribution in [0.25, 0.3) is 0 Å². The fourth-order valence-corrected chi connectivity index (χ4v) is 4.41. The highest BCUT2D eigenvalue weighted by molar-refractivity contribution is 5.68. The molecule has 4 rings (SSSR count). The van der Waals surface area contributed by atoms with Crippen LogP contribution in [0.1, 0.15) is 47.9 Å². The van der Waals surface area contributed by atoms with Crippen molar-refractivity contribution in [3.63, 3.8) is 0 Å². The SMILES string of the molecule is CCOc1ccn(O)c(=NCCCOc2ccc3c(c2)Cc2ccccc2[C@H](CC(=O)O)C3)c1. The molecule has 0 unspecified atom stereocenters. The van der Waals surface area contributed by atoms with Gasteiger partial charge < -0.3 is 19.8 Å². The van der Waals surface area contributed by atoms with Crippen molar-refractivity contribution in [2.45, 2.75) is 38.5 Å². The summed E-state index contributed by atoms with van der Waals surface area (Å²) in [5.74, 6) is 0.659. The molecule has 2 N–H and O–H groups in total. The lowest BCUT2D eigenvalue weighted by atomic mass is 9.89. The Kier molecular flexibility index (Phi) is 7.52. The van der Waals surface area contributed by atoms with Crippen LogP contribution in [0.3, 0.4) is 0 Å². The number of pyridine rings is 1. The van der Waals surface area contributed by atoms with E-state index in [1.165, 1.54) is 22.9 Å². The molecule has 178 valence electrons. The van der Waals surface area contributed by atoms with Crippen LogP contribution in [-0.4, -0.2) is 40.8 Å². The molecule has 3 aromatic rings. The molecule has 2 aromatic carbocycles. The van der Waals surface area contributed by atoms with Crippen molar-refractivity contribution in [2.75, 3.05) is 19.8 Å². The molecule has 0 amide bonds. The normalized spacial score (nSPS) is 15.2. The Balaban J connectivity index is 1.40. The molecule has 7 nitrogen and oxygen atoms in total. The third-order valence-electron chi connectivity index (χ3n) is 5.98. The van der Waals surface area contributed by atoms with Crippen molar-refractivity contribution >= 4 is 5.97 Å². The summed E-state index contributed by atoms with van der Waals surface area (Å²) in [6.07, 6.45) is 3.80. The fourth-order valence-electron chi connectivity index (χ4n) is 4.41. The van der Waals surface area contributed by atoms with Crippen LogP contribution < -0.4 is 15.0 Å². The number of carbonyl (C=O) groups is 1. The minimum atomic E-state index is -0.773. The van der Waals surface area contributed by atoms with Crippen LogP contribution in [0.2, 0.25) is 0 Å². The topological polar surface area (TPSA) is 93.3 Å². The Morgan fingerprint density at radius 2 is 1.88 bits per heavy atom. The van der Waals surface area contributed by atoms with Crippen LogP contribution >= 0.6 is 0 Å². The Hall–Kier alpha value is -3.74. The molecule has 7 heteroatoms. The van der Waals surface area contributed by atoms with Crippen LogP contribution in [0.5, 0.6) is 11.5 Å². The van der Waals surface area contributed by atoms with E-state index in [1.54, 1.807) is 12.1 Å². The van der Waals surface area contributed by atoms with Gasteiger partial charge in [-0.2, -0.15) is 4.73 Å². The van der Waals surface area contributed by atoms with E-state index in [-0.39, 0.29) is 12.3 Å². The van der Waals surface area contributed by atoms with Gasteiger partial charge in [0.2, 0.25) is 0 Å². The summed E-state index contributed by atoms with van der Waals surface area (Å²) in [4.78, 5) is 15.9. The van der Waals surface area contributed by atoms with Gasteiger partial charge in [0.05, 0.1) is 19.6 Å². The van der Waals surface area contributed by atoms with Gasteiger partial charge in [-0.15, -0.1) is 0 Å². The summed E-state index contributed by atoms with van der Waals surface area (Å²) in [5, 5.41) is 19.3. The lowest BCUT2D eigenvalue weighted by molar-refractivity contribution is -0.137. The molecule has 0 fully saturated rings. The first kappa shape index (κ1) is 23.4. The number of rotatable bonds is 9. The minimum absolute atomic E-state index is 0.0288. The second-order valence-electron chi connectivity index (χ2n) is 8.39. The predicted molar refractivity (Wildman–Crippen MR) is 128 cm³/mol. The highest BCUT2D eigenvalue weighted by Crippen LogP contribution is 2.35. The van der Waals surface area contributed by atoms with Crippen molar-refractivity contribution in [1.29, 1.82) is 0 Å². The Bertz CT molecular complexity index is 1220. The molecule has 1 heterocycles. The smallest absolute Gasteiger partial charge is 0.303 e. The van der Waals surface area contributed by atoms with Gasteiger partial charge in [-0.25, -0.2) is 0 Å². The third-order valence-corrected chi connectivity index (χ3v) is 5.98. The molecule has 34 heavy (non-hydrogen) atoms. The third kappa shape index (κ3) is 5.78. The number of hydrogen-bond acceptors (Lipinski definition) is 5. The largest absolute Gasteiger partial charge is 0.494 e. The first-order valence-corrected chi connectivity index (χ1v) is 11.6. The number of aliphatic carboxylic acids is 1. The van der Waals surface area contributed by atoms with E-state index in [9.17, 15) is 15.1 Å². The van der Waals surface area contributed by atoms with Gasteiger partial charge in [-0.05, 0) is 60.1 Å². The number of aromatic nitrogens is 1. The van der Waals surface area contributed by atoms with E-state index in [1.807, 2.05) is 25.1 Å². The van der Waals surface area contributed by atoms with Gasteiger partial charge in [0, 0.05) is 31.3 Å². The number of carboxylic acid groups (broad SMARTS) is 1. The molecule has 1 aliphatic rings. The lowest BCUT2D eigenvalue weighted by Gasteiger charge is -2.16. The fraction of sp³-hybridized carbons (Fsp3) is 0.333. The number of carboxylic acids is 1. The van der Waals surface area contributed by atoms with Crippen molar-refractivity contribution in [3.05, 3.63) is 88.5 Å². The highest BCUT2D eigenvalue weighted by atomic mass is 16.5. The van der Waals surface area contributed by atoms with E-state index in [2.05, 4.69) is 29.3 Å². The molecular formula is C27H30N2O5. The summed E-state index contributed by atoms with van der Waals surface area (Å²) < 4.78 is 12.4. The maximum absolute atomic E-state index is 11.4. The van der Waals surface area contributed by atoms with Gasteiger partial charge in [0.1, 0.15) is 11.5 Å². The van der Waals surface area contributed by atoms with Gasteiger partial charge in [-0.3, -0.25) is 9.79 Å². The number of benzene rings is 2. The standard InChI is InChI=1S/C27H30N2O5/c1-2-33-24-10-12-29(32)26(18-24)28-11-5-13-34-23-9-8-19-14-22(17-27(30)31)25-7-4-3-6-20(25)15-21(19)16-23/h3-4,6-10,12,16,18,22,32H,2,5,11,13-15,17H2,1H3,(H,30,31)/t22-/m0/s1. The molecule has 1 aliphatic carbocycles. The van der Waals surface area contributed by atoms with Gasteiger partial charge in [0.15, 0.2) is 5.49 Å². The summed E-state index contributed by atoms with van der Waals surface area (Å²) in [5.41, 5.74) is 5.09. The molecule has 0 bridgehead atoms. The minimum Gasteiger partial charge on any atom is -0.494 e. The highest BCUT2D eigenvalue weighted by Gasteiger charge is 2.24. The first-order chi connectivity index (χ1) is 16.5. The summed E-state index contributed by atoms with van der Waals surface area (Å²) in [6.45, 7) is 3.46. The molecule has 1 atom stereocenters. The van der Waals surface area contributed by atoms with E-state index < -0.39 is 5.97 Å². The Morgan fingerprint density at radius 1 is 1.06 bits per heavy atom.